The summed E-state index contributed by atoms with van der Waals surface area (Å²) in [7, 11) is 0. The Labute approximate surface area is 105 Å². The minimum atomic E-state index is -0.362. The van der Waals surface area contributed by atoms with Gasteiger partial charge in [0.05, 0.1) is 16.3 Å². The number of hydrogen-bond donors (Lipinski definition) is 3. The van der Waals surface area contributed by atoms with Crippen molar-refractivity contribution in [1.29, 1.82) is 0 Å². The third-order valence-electron chi connectivity index (χ3n) is 2.52. The minimum absolute atomic E-state index is 0. The molecule has 4 nitrogen and oxygen atoms in total. The number of aromatic amines is 1. The van der Waals surface area contributed by atoms with Gasteiger partial charge in [0.1, 0.15) is 5.52 Å². The van der Waals surface area contributed by atoms with Gasteiger partial charge in [0, 0.05) is 5.39 Å². The molecule has 1 aromatic carbocycles. The van der Waals surface area contributed by atoms with Gasteiger partial charge < -0.3 is 0 Å². The van der Waals surface area contributed by atoms with Crippen LogP contribution in [0.2, 0.25) is 5.02 Å². The van der Waals surface area contributed by atoms with Crippen molar-refractivity contribution in [2.45, 2.75) is 19.4 Å². The second-order valence-corrected chi connectivity index (χ2v) is 4.41. The Bertz CT molecular complexity index is 493. The molecule has 1 heterocycles. The standard InChI is InChI=1S/C10H13ClN4.ClH/c1-10(2,15-12)9-6-4-3-5-7(11)8(6)13-14-9;/h3-5,15H,12H2,1-2H3,(H,13,14);1H. The predicted octanol–water partition coefficient (Wildman–Crippen LogP) is 2.34. The number of fused-ring (bicyclic) bond motifs is 1. The Kier molecular flexibility index (Phi) is 3.80. The van der Waals surface area contributed by atoms with E-state index in [4.69, 9.17) is 17.4 Å². The fraction of sp³-hybridized carbons (Fsp3) is 0.300. The second-order valence-electron chi connectivity index (χ2n) is 4.00. The first-order valence-electron chi connectivity index (χ1n) is 4.67. The van der Waals surface area contributed by atoms with Crippen LogP contribution >= 0.6 is 24.0 Å². The lowest BCUT2D eigenvalue weighted by atomic mass is 9.98. The van der Waals surface area contributed by atoms with Gasteiger partial charge in [-0.3, -0.25) is 10.9 Å². The number of H-pyrrole nitrogens is 1. The van der Waals surface area contributed by atoms with Crippen LogP contribution in [0.1, 0.15) is 19.5 Å². The van der Waals surface area contributed by atoms with Crippen LogP contribution in [0.4, 0.5) is 0 Å². The van der Waals surface area contributed by atoms with E-state index in [0.29, 0.717) is 5.02 Å². The summed E-state index contributed by atoms with van der Waals surface area (Å²) in [6, 6.07) is 5.69. The first kappa shape index (κ1) is 13.3. The van der Waals surface area contributed by atoms with E-state index in [2.05, 4.69) is 15.6 Å². The van der Waals surface area contributed by atoms with Crippen molar-refractivity contribution in [1.82, 2.24) is 15.6 Å². The molecule has 0 aliphatic rings. The Morgan fingerprint density at radius 3 is 2.75 bits per heavy atom. The van der Waals surface area contributed by atoms with E-state index in [0.717, 1.165) is 16.6 Å². The molecule has 2 rings (SSSR count). The number of benzene rings is 1. The van der Waals surface area contributed by atoms with Crippen LogP contribution < -0.4 is 11.3 Å². The first-order valence-corrected chi connectivity index (χ1v) is 5.05. The number of nitrogens with zero attached hydrogens (tertiary/aromatic N) is 1. The van der Waals surface area contributed by atoms with Crippen LogP contribution in [0, 0.1) is 0 Å². The molecule has 0 radical (unpaired) electrons. The molecule has 0 bridgehead atoms. The van der Waals surface area contributed by atoms with E-state index in [1.807, 2.05) is 32.0 Å². The highest BCUT2D eigenvalue weighted by molar-refractivity contribution is 6.35. The number of aromatic nitrogens is 2. The Hall–Kier alpha value is -0.810. The van der Waals surface area contributed by atoms with Crippen molar-refractivity contribution in [2.24, 2.45) is 5.84 Å². The third kappa shape index (κ3) is 2.01. The molecule has 0 spiro atoms. The molecule has 0 aliphatic heterocycles. The van der Waals surface area contributed by atoms with Crippen LogP contribution in [0.5, 0.6) is 0 Å². The van der Waals surface area contributed by atoms with E-state index < -0.39 is 0 Å². The van der Waals surface area contributed by atoms with Crippen LogP contribution in [0.25, 0.3) is 10.9 Å². The first-order chi connectivity index (χ1) is 7.06. The summed E-state index contributed by atoms with van der Waals surface area (Å²) in [5.41, 5.74) is 4.09. The minimum Gasteiger partial charge on any atom is -0.279 e. The van der Waals surface area contributed by atoms with Gasteiger partial charge in [-0.15, -0.1) is 12.4 Å². The molecule has 0 saturated heterocycles. The van der Waals surface area contributed by atoms with Crippen molar-refractivity contribution >= 4 is 34.9 Å². The lowest BCUT2D eigenvalue weighted by molar-refractivity contribution is 0.405. The molecule has 0 unspecified atom stereocenters. The maximum atomic E-state index is 6.03. The Morgan fingerprint density at radius 2 is 2.12 bits per heavy atom. The number of para-hydroxylation sites is 1. The van der Waals surface area contributed by atoms with Gasteiger partial charge in [-0.05, 0) is 19.9 Å². The Balaban J connectivity index is 0.00000128. The number of hydrogen-bond acceptors (Lipinski definition) is 3. The average Bonchev–Trinajstić information content (AvgIpc) is 2.63. The fourth-order valence-electron chi connectivity index (χ4n) is 1.55. The monoisotopic (exact) mass is 260 g/mol. The van der Waals surface area contributed by atoms with Crippen molar-refractivity contribution in [3.63, 3.8) is 0 Å². The third-order valence-corrected chi connectivity index (χ3v) is 2.83. The van der Waals surface area contributed by atoms with E-state index >= 15 is 0 Å². The molecular formula is C10H14Cl2N4. The topological polar surface area (TPSA) is 66.7 Å². The van der Waals surface area contributed by atoms with E-state index in [9.17, 15) is 0 Å². The largest absolute Gasteiger partial charge is 0.279 e. The smallest absolute Gasteiger partial charge is 0.111 e. The van der Waals surface area contributed by atoms with Crippen molar-refractivity contribution < 1.29 is 0 Å². The van der Waals surface area contributed by atoms with Crippen molar-refractivity contribution in [3.05, 3.63) is 28.9 Å². The zero-order valence-corrected chi connectivity index (χ0v) is 10.6. The number of nitrogens with two attached hydrogens (primary N) is 1. The lowest BCUT2D eigenvalue weighted by Crippen LogP contribution is -2.42. The molecular weight excluding hydrogens is 247 g/mol. The van der Waals surface area contributed by atoms with Crippen molar-refractivity contribution in [2.75, 3.05) is 0 Å². The molecule has 2 aromatic rings. The van der Waals surface area contributed by atoms with Gasteiger partial charge in [-0.2, -0.15) is 5.10 Å². The zero-order valence-electron chi connectivity index (χ0n) is 9.04. The maximum Gasteiger partial charge on any atom is 0.111 e. The van der Waals surface area contributed by atoms with E-state index in [-0.39, 0.29) is 17.9 Å². The van der Waals surface area contributed by atoms with Gasteiger partial charge >= 0.3 is 0 Å². The number of hydrazine groups is 1. The maximum absolute atomic E-state index is 6.03. The Morgan fingerprint density at radius 1 is 1.44 bits per heavy atom. The van der Waals surface area contributed by atoms with E-state index in [1.165, 1.54) is 0 Å². The quantitative estimate of drug-likeness (QED) is 0.574. The number of halogens is 2. The van der Waals surface area contributed by atoms with Crippen LogP contribution in [0.3, 0.4) is 0 Å². The fourth-order valence-corrected chi connectivity index (χ4v) is 1.77. The van der Waals surface area contributed by atoms with Crippen LogP contribution in [-0.2, 0) is 5.54 Å². The summed E-state index contributed by atoms with van der Waals surface area (Å²) in [4.78, 5) is 0. The SMILES string of the molecule is CC(C)(NN)c1[nH]nc2c(Cl)cccc12.Cl. The summed E-state index contributed by atoms with van der Waals surface area (Å²) in [6.07, 6.45) is 0. The number of rotatable bonds is 2. The highest BCUT2D eigenvalue weighted by atomic mass is 35.5. The highest BCUT2D eigenvalue weighted by Gasteiger charge is 2.23. The molecule has 88 valence electrons. The number of nitrogens with one attached hydrogen (secondary N) is 2. The van der Waals surface area contributed by atoms with Gasteiger partial charge in [-0.1, -0.05) is 23.7 Å². The highest BCUT2D eigenvalue weighted by Crippen LogP contribution is 2.29. The second kappa shape index (κ2) is 4.59. The predicted molar refractivity (Wildman–Crippen MR) is 68.7 cm³/mol. The molecule has 1 aromatic heterocycles. The molecule has 16 heavy (non-hydrogen) atoms. The molecule has 0 atom stereocenters. The summed E-state index contributed by atoms with van der Waals surface area (Å²) in [5, 5.41) is 8.78. The molecule has 0 fully saturated rings. The van der Waals surface area contributed by atoms with Gasteiger partial charge in [0.15, 0.2) is 0 Å². The summed E-state index contributed by atoms with van der Waals surface area (Å²) < 4.78 is 0. The van der Waals surface area contributed by atoms with Crippen LogP contribution in [-0.4, -0.2) is 10.2 Å². The van der Waals surface area contributed by atoms with Crippen LogP contribution in [0.15, 0.2) is 18.2 Å². The normalized spacial score (nSPS) is 11.5. The average molecular weight is 261 g/mol. The lowest BCUT2D eigenvalue weighted by Gasteiger charge is -2.22. The molecule has 0 amide bonds. The molecule has 6 heteroatoms. The summed E-state index contributed by atoms with van der Waals surface area (Å²) >= 11 is 6.03. The van der Waals surface area contributed by atoms with E-state index in [1.54, 1.807) is 0 Å². The van der Waals surface area contributed by atoms with Gasteiger partial charge in [0.2, 0.25) is 0 Å². The molecule has 0 aliphatic carbocycles. The van der Waals surface area contributed by atoms with Crippen molar-refractivity contribution in [3.8, 4) is 0 Å². The summed E-state index contributed by atoms with van der Waals surface area (Å²) in [5.74, 6) is 5.50. The zero-order chi connectivity index (χ0) is 11.1. The molecule has 0 saturated carbocycles. The molecule has 4 N–H and O–H groups in total. The van der Waals surface area contributed by atoms with Gasteiger partial charge in [-0.25, -0.2) is 5.43 Å². The summed E-state index contributed by atoms with van der Waals surface area (Å²) in [6.45, 7) is 3.95. The van der Waals surface area contributed by atoms with Gasteiger partial charge in [0.25, 0.3) is 0 Å².